The first-order valence-electron chi connectivity index (χ1n) is 6.07. The number of fused-ring (bicyclic) bond motifs is 1. The van der Waals surface area contributed by atoms with E-state index in [1.54, 1.807) is 0 Å². The van der Waals surface area contributed by atoms with Crippen molar-refractivity contribution in [1.82, 2.24) is 4.98 Å². The summed E-state index contributed by atoms with van der Waals surface area (Å²) in [5.74, 6) is 0. The molecule has 0 radical (unpaired) electrons. The molecule has 0 aliphatic carbocycles. The summed E-state index contributed by atoms with van der Waals surface area (Å²) >= 11 is 1.47. The topological polar surface area (TPSA) is 49.0 Å². The first-order valence-corrected chi connectivity index (χ1v) is 6.89. The lowest BCUT2D eigenvalue weighted by molar-refractivity contribution is 0.832. The third kappa shape index (κ3) is 2.80. The van der Waals surface area contributed by atoms with Gasteiger partial charge in [0.25, 0.3) is 0 Å². The van der Waals surface area contributed by atoms with Crippen LogP contribution in [0.1, 0.15) is 37.4 Å². The van der Waals surface area contributed by atoms with Gasteiger partial charge in [0.15, 0.2) is 0 Å². The molecule has 2 rings (SSSR count). The molecule has 92 valence electrons. The summed E-state index contributed by atoms with van der Waals surface area (Å²) in [5, 5.41) is 10.5. The van der Waals surface area contributed by atoms with Crippen molar-refractivity contribution in [2.45, 2.75) is 38.1 Å². The van der Waals surface area contributed by atoms with Crippen LogP contribution in [-0.4, -0.2) is 10.7 Å². The van der Waals surface area contributed by atoms with Crippen molar-refractivity contribution in [2.75, 3.05) is 0 Å². The molecule has 0 amide bonds. The van der Waals surface area contributed by atoms with E-state index >= 15 is 0 Å². The monoisotopic (exact) mass is 257 g/mol. The zero-order valence-corrected chi connectivity index (χ0v) is 11.4. The van der Waals surface area contributed by atoms with Crippen LogP contribution in [0.5, 0.6) is 0 Å². The molecule has 0 saturated carbocycles. The minimum Gasteiger partial charge on any atom is -0.246 e. The second kappa shape index (κ2) is 5.83. The van der Waals surface area contributed by atoms with Crippen LogP contribution < -0.4 is 0 Å². The number of aryl methyl sites for hydroxylation is 1. The second-order valence-electron chi connectivity index (χ2n) is 4.18. The molecule has 18 heavy (non-hydrogen) atoms. The van der Waals surface area contributed by atoms with Gasteiger partial charge in [-0.3, -0.25) is 0 Å². The van der Waals surface area contributed by atoms with Crippen molar-refractivity contribution < 1.29 is 0 Å². The maximum Gasteiger partial charge on any atom is 0.113 e. The van der Waals surface area contributed by atoms with Gasteiger partial charge in [-0.1, -0.05) is 13.3 Å². The molecule has 3 nitrogen and oxygen atoms in total. The lowest BCUT2D eigenvalue weighted by Gasteiger charge is -2.17. The molecule has 0 fully saturated rings. The highest BCUT2D eigenvalue weighted by Crippen LogP contribution is 2.35. The van der Waals surface area contributed by atoms with Gasteiger partial charge in [0.05, 0.1) is 11.8 Å². The van der Waals surface area contributed by atoms with Gasteiger partial charge in [0.1, 0.15) is 10.1 Å². The van der Waals surface area contributed by atoms with E-state index in [0.29, 0.717) is 0 Å². The summed E-state index contributed by atoms with van der Waals surface area (Å²) in [6.07, 6.45) is 4.68. The Morgan fingerprint density at radius 3 is 3.00 bits per heavy atom. The van der Waals surface area contributed by atoms with E-state index in [4.69, 9.17) is 5.26 Å². The van der Waals surface area contributed by atoms with Crippen LogP contribution in [0.25, 0.3) is 0 Å². The molecule has 1 aromatic heterocycles. The molecule has 1 aromatic rings. The molecule has 4 heteroatoms. The van der Waals surface area contributed by atoms with Gasteiger partial charge in [0, 0.05) is 17.3 Å². The SMILES string of the molecule is CCCCC1=NC(=CC#N)Sc2nc(C)ccc21. The minimum atomic E-state index is 0.745. The van der Waals surface area contributed by atoms with Crippen molar-refractivity contribution in [3.8, 4) is 6.07 Å². The maximum atomic E-state index is 8.75. The van der Waals surface area contributed by atoms with Crippen LogP contribution in [0.3, 0.4) is 0 Å². The average molecular weight is 257 g/mol. The Morgan fingerprint density at radius 1 is 1.44 bits per heavy atom. The van der Waals surface area contributed by atoms with Crippen molar-refractivity contribution in [1.29, 1.82) is 5.26 Å². The number of thioether (sulfide) groups is 1. The second-order valence-corrected chi connectivity index (χ2v) is 5.19. The predicted molar refractivity (Wildman–Crippen MR) is 74.6 cm³/mol. The van der Waals surface area contributed by atoms with Crippen molar-refractivity contribution in [3.63, 3.8) is 0 Å². The van der Waals surface area contributed by atoms with E-state index < -0.39 is 0 Å². The maximum absolute atomic E-state index is 8.75. The molecule has 1 aliphatic heterocycles. The molecule has 1 aliphatic rings. The minimum absolute atomic E-state index is 0.745. The standard InChI is InChI=1S/C14H15N3S/c1-3-4-5-12-11-7-6-10(2)16-14(11)18-13(17-12)8-9-15/h6-8H,3-5H2,1-2H3. The summed E-state index contributed by atoms with van der Waals surface area (Å²) in [5.41, 5.74) is 3.17. The fraction of sp³-hybridized carbons (Fsp3) is 0.357. The van der Waals surface area contributed by atoms with Gasteiger partial charge in [-0.05, 0) is 43.7 Å². The number of nitriles is 1. The number of unbranched alkanes of at least 4 members (excludes halogenated alkanes) is 1. The van der Waals surface area contributed by atoms with Crippen molar-refractivity contribution in [2.24, 2.45) is 4.99 Å². The third-order valence-electron chi connectivity index (χ3n) is 2.71. The Morgan fingerprint density at radius 2 is 2.28 bits per heavy atom. The normalized spacial score (nSPS) is 16.1. The molecule has 2 heterocycles. The molecule has 0 N–H and O–H groups in total. The number of nitrogens with zero attached hydrogens (tertiary/aromatic N) is 3. The number of rotatable bonds is 3. The van der Waals surface area contributed by atoms with E-state index in [0.717, 1.165) is 46.3 Å². The van der Waals surface area contributed by atoms with Gasteiger partial charge < -0.3 is 0 Å². The molecule has 0 spiro atoms. The van der Waals surface area contributed by atoms with E-state index in [-0.39, 0.29) is 0 Å². The highest BCUT2D eigenvalue weighted by Gasteiger charge is 2.18. The van der Waals surface area contributed by atoms with Gasteiger partial charge in [-0.25, -0.2) is 9.98 Å². The zero-order chi connectivity index (χ0) is 13.0. The molecule has 0 atom stereocenters. The number of hydrogen-bond acceptors (Lipinski definition) is 4. The van der Waals surface area contributed by atoms with Crippen LogP contribution in [0, 0.1) is 18.3 Å². The molecule has 0 saturated heterocycles. The zero-order valence-electron chi connectivity index (χ0n) is 10.6. The van der Waals surface area contributed by atoms with Gasteiger partial charge in [0.2, 0.25) is 0 Å². The third-order valence-corrected chi connectivity index (χ3v) is 3.63. The first-order chi connectivity index (χ1) is 8.74. The Labute approximate surface area is 112 Å². The highest BCUT2D eigenvalue weighted by molar-refractivity contribution is 8.03. The number of aromatic nitrogens is 1. The Balaban J connectivity index is 2.41. The van der Waals surface area contributed by atoms with Gasteiger partial charge in [-0.15, -0.1) is 0 Å². The van der Waals surface area contributed by atoms with E-state index in [9.17, 15) is 0 Å². The Bertz CT molecular complexity index is 553. The number of pyridine rings is 1. The average Bonchev–Trinajstić information content (AvgIpc) is 2.35. The lowest BCUT2D eigenvalue weighted by Crippen LogP contribution is -2.09. The van der Waals surface area contributed by atoms with Gasteiger partial charge in [-0.2, -0.15) is 5.26 Å². The molecular formula is C14H15N3S. The molecular weight excluding hydrogens is 242 g/mol. The van der Waals surface area contributed by atoms with Crippen LogP contribution in [0.15, 0.2) is 33.3 Å². The van der Waals surface area contributed by atoms with Crippen LogP contribution in [-0.2, 0) is 0 Å². The van der Waals surface area contributed by atoms with Crippen LogP contribution in [0.4, 0.5) is 0 Å². The van der Waals surface area contributed by atoms with Crippen molar-refractivity contribution >= 4 is 17.5 Å². The van der Waals surface area contributed by atoms with E-state index in [1.807, 2.05) is 19.1 Å². The Kier molecular flexibility index (Phi) is 4.16. The Hall–Kier alpha value is -1.60. The fourth-order valence-corrected chi connectivity index (χ4v) is 2.75. The quantitative estimate of drug-likeness (QED) is 0.773. The summed E-state index contributed by atoms with van der Waals surface area (Å²) in [7, 11) is 0. The number of aliphatic imine (C=N–C) groups is 1. The number of allylic oxidation sites excluding steroid dienone is 1. The smallest absolute Gasteiger partial charge is 0.113 e. The van der Waals surface area contributed by atoms with Gasteiger partial charge >= 0.3 is 0 Å². The van der Waals surface area contributed by atoms with E-state index in [1.165, 1.54) is 17.8 Å². The largest absolute Gasteiger partial charge is 0.246 e. The first kappa shape index (κ1) is 12.8. The highest BCUT2D eigenvalue weighted by atomic mass is 32.2. The van der Waals surface area contributed by atoms with Crippen molar-refractivity contribution in [3.05, 3.63) is 34.5 Å². The molecule has 0 bridgehead atoms. The van der Waals surface area contributed by atoms with E-state index in [2.05, 4.69) is 23.0 Å². The summed E-state index contributed by atoms with van der Waals surface area (Å²) in [6.45, 7) is 4.14. The fourth-order valence-electron chi connectivity index (χ4n) is 1.80. The van der Waals surface area contributed by atoms with Crippen LogP contribution >= 0.6 is 11.8 Å². The summed E-state index contributed by atoms with van der Waals surface area (Å²) in [6, 6.07) is 6.14. The summed E-state index contributed by atoms with van der Waals surface area (Å²) < 4.78 is 0. The molecule has 0 aromatic carbocycles. The molecule has 0 unspecified atom stereocenters. The lowest BCUT2D eigenvalue weighted by atomic mass is 10.1. The van der Waals surface area contributed by atoms with Crippen LogP contribution in [0.2, 0.25) is 0 Å². The summed E-state index contributed by atoms with van der Waals surface area (Å²) in [4.78, 5) is 9.09. The number of hydrogen-bond donors (Lipinski definition) is 0. The predicted octanol–water partition coefficient (Wildman–Crippen LogP) is 3.84.